The molecular formula is C18H14ClFN2O3. The van der Waals surface area contributed by atoms with Gasteiger partial charge in [-0.2, -0.15) is 0 Å². The fourth-order valence-electron chi connectivity index (χ4n) is 2.41. The Morgan fingerprint density at radius 1 is 1.24 bits per heavy atom. The van der Waals surface area contributed by atoms with Gasteiger partial charge in [0.25, 0.3) is 11.5 Å². The fourth-order valence-corrected chi connectivity index (χ4v) is 2.59. The second-order valence-electron chi connectivity index (χ2n) is 5.39. The third-order valence-corrected chi connectivity index (χ3v) is 3.97. The van der Waals surface area contributed by atoms with Crippen molar-refractivity contribution < 1.29 is 13.9 Å². The number of carbonyl (C=O) groups excluding carboxylic acids is 1. The third-order valence-electron chi connectivity index (χ3n) is 3.68. The van der Waals surface area contributed by atoms with E-state index in [2.05, 4.69) is 5.32 Å². The van der Waals surface area contributed by atoms with Crippen LogP contribution in [0.3, 0.4) is 0 Å². The standard InChI is InChI=1S/C18H14ClFN2O3/c1-22-15-5-3-2-4-12(15)16(9-18(22)24)25-10-17(23)21-11-6-7-14(20)13(19)8-11/h2-9H,10H2,1H3,(H,21,23). The number of fused-ring (bicyclic) bond motifs is 1. The predicted molar refractivity (Wildman–Crippen MR) is 94.7 cm³/mol. The number of hydrogen-bond donors (Lipinski definition) is 1. The number of halogens is 2. The van der Waals surface area contributed by atoms with Crippen molar-refractivity contribution in [2.24, 2.45) is 7.05 Å². The van der Waals surface area contributed by atoms with Crippen LogP contribution in [-0.2, 0) is 11.8 Å². The van der Waals surface area contributed by atoms with Crippen LogP contribution < -0.4 is 15.6 Å². The molecule has 0 fully saturated rings. The van der Waals surface area contributed by atoms with Crippen LogP contribution in [0, 0.1) is 5.82 Å². The first-order valence-corrected chi connectivity index (χ1v) is 7.80. The van der Waals surface area contributed by atoms with Crippen LogP contribution >= 0.6 is 11.6 Å². The minimum Gasteiger partial charge on any atom is -0.483 e. The Labute approximate surface area is 147 Å². The molecule has 3 rings (SSSR count). The summed E-state index contributed by atoms with van der Waals surface area (Å²) in [4.78, 5) is 24.0. The van der Waals surface area contributed by atoms with Gasteiger partial charge in [0.2, 0.25) is 0 Å². The Bertz CT molecular complexity index is 1020. The van der Waals surface area contributed by atoms with Gasteiger partial charge in [0, 0.05) is 24.2 Å². The second-order valence-corrected chi connectivity index (χ2v) is 5.80. The van der Waals surface area contributed by atoms with E-state index in [1.165, 1.54) is 22.8 Å². The molecule has 0 aliphatic rings. The van der Waals surface area contributed by atoms with Crippen LogP contribution in [0.1, 0.15) is 0 Å². The maximum absolute atomic E-state index is 13.1. The maximum atomic E-state index is 13.1. The van der Waals surface area contributed by atoms with Crippen molar-refractivity contribution in [3.05, 3.63) is 69.7 Å². The van der Waals surface area contributed by atoms with Crippen LogP contribution in [0.25, 0.3) is 10.9 Å². The van der Waals surface area contributed by atoms with E-state index < -0.39 is 11.7 Å². The van der Waals surface area contributed by atoms with E-state index in [0.717, 1.165) is 11.5 Å². The molecule has 2 aromatic carbocycles. The first kappa shape index (κ1) is 17.0. The molecule has 1 amide bonds. The summed E-state index contributed by atoms with van der Waals surface area (Å²) in [7, 11) is 1.67. The molecular weight excluding hydrogens is 347 g/mol. The molecule has 0 bridgehead atoms. The minimum atomic E-state index is -0.567. The number of amides is 1. The predicted octanol–water partition coefficient (Wildman–Crippen LogP) is 3.35. The maximum Gasteiger partial charge on any atom is 0.262 e. The summed E-state index contributed by atoms with van der Waals surface area (Å²) in [6.07, 6.45) is 0. The van der Waals surface area contributed by atoms with Gasteiger partial charge >= 0.3 is 0 Å². The summed E-state index contributed by atoms with van der Waals surface area (Å²) < 4.78 is 20.1. The zero-order valence-electron chi connectivity index (χ0n) is 13.3. The summed E-state index contributed by atoms with van der Waals surface area (Å²) in [5, 5.41) is 3.19. The minimum absolute atomic E-state index is 0.0868. The molecule has 0 saturated heterocycles. The quantitative estimate of drug-likeness (QED) is 0.776. The third kappa shape index (κ3) is 3.64. The van der Waals surface area contributed by atoms with Crippen LogP contribution in [0.15, 0.2) is 53.3 Å². The molecule has 25 heavy (non-hydrogen) atoms. The van der Waals surface area contributed by atoms with Crippen molar-refractivity contribution in [2.75, 3.05) is 11.9 Å². The molecule has 0 spiro atoms. The molecule has 1 aromatic heterocycles. The van der Waals surface area contributed by atoms with Crippen molar-refractivity contribution in [3.8, 4) is 5.75 Å². The van der Waals surface area contributed by atoms with Gasteiger partial charge in [-0.1, -0.05) is 23.7 Å². The molecule has 5 nitrogen and oxygen atoms in total. The topological polar surface area (TPSA) is 60.3 Å². The summed E-state index contributed by atoms with van der Waals surface area (Å²) >= 11 is 5.67. The fraction of sp³-hybridized carbons (Fsp3) is 0.111. The monoisotopic (exact) mass is 360 g/mol. The van der Waals surface area contributed by atoms with E-state index >= 15 is 0 Å². The molecule has 7 heteroatoms. The largest absolute Gasteiger partial charge is 0.483 e. The molecule has 0 saturated carbocycles. The first-order valence-electron chi connectivity index (χ1n) is 7.42. The Morgan fingerprint density at radius 2 is 2.00 bits per heavy atom. The van der Waals surface area contributed by atoms with Crippen molar-refractivity contribution in [3.63, 3.8) is 0 Å². The number of rotatable bonds is 4. The smallest absolute Gasteiger partial charge is 0.262 e. The van der Waals surface area contributed by atoms with Crippen molar-refractivity contribution >= 4 is 34.1 Å². The lowest BCUT2D eigenvalue weighted by Crippen LogP contribution is -2.22. The second kappa shape index (κ2) is 6.94. The van der Waals surface area contributed by atoms with E-state index in [-0.39, 0.29) is 17.2 Å². The molecule has 1 heterocycles. The van der Waals surface area contributed by atoms with Crippen LogP contribution in [0.4, 0.5) is 10.1 Å². The Balaban J connectivity index is 1.76. The average molecular weight is 361 g/mol. The number of ether oxygens (including phenoxy) is 1. The number of nitrogens with zero attached hydrogens (tertiary/aromatic N) is 1. The summed E-state index contributed by atoms with van der Waals surface area (Å²) in [6, 6.07) is 12.4. The molecule has 0 aliphatic heterocycles. The van der Waals surface area contributed by atoms with E-state index in [4.69, 9.17) is 16.3 Å². The number of carbonyl (C=O) groups is 1. The molecule has 128 valence electrons. The van der Waals surface area contributed by atoms with E-state index in [1.807, 2.05) is 18.2 Å². The van der Waals surface area contributed by atoms with Gasteiger partial charge in [-0.15, -0.1) is 0 Å². The van der Waals surface area contributed by atoms with Gasteiger partial charge in [-0.25, -0.2) is 4.39 Å². The normalized spacial score (nSPS) is 10.7. The van der Waals surface area contributed by atoms with Gasteiger partial charge in [-0.05, 0) is 30.3 Å². The number of benzene rings is 2. The lowest BCUT2D eigenvalue weighted by atomic mass is 10.2. The average Bonchev–Trinajstić information content (AvgIpc) is 2.60. The molecule has 1 N–H and O–H groups in total. The molecule has 0 atom stereocenters. The Kier molecular flexibility index (Phi) is 4.72. The number of nitrogens with one attached hydrogen (secondary N) is 1. The lowest BCUT2D eigenvalue weighted by Gasteiger charge is -2.12. The SMILES string of the molecule is Cn1c(=O)cc(OCC(=O)Nc2ccc(F)c(Cl)c2)c2ccccc21. The molecule has 0 aliphatic carbocycles. The summed E-state index contributed by atoms with van der Waals surface area (Å²) in [6.45, 7) is -0.299. The number of aromatic nitrogens is 1. The summed E-state index contributed by atoms with van der Waals surface area (Å²) in [5.74, 6) is -0.694. The molecule has 3 aromatic rings. The molecule has 0 radical (unpaired) electrons. The van der Waals surface area contributed by atoms with Gasteiger partial charge in [0.05, 0.1) is 10.5 Å². The van der Waals surface area contributed by atoms with Crippen LogP contribution in [-0.4, -0.2) is 17.1 Å². The molecule has 0 unspecified atom stereocenters. The van der Waals surface area contributed by atoms with Crippen LogP contribution in [0.5, 0.6) is 5.75 Å². The number of para-hydroxylation sites is 1. The number of hydrogen-bond acceptors (Lipinski definition) is 3. The van der Waals surface area contributed by atoms with Gasteiger partial charge in [0.1, 0.15) is 11.6 Å². The summed E-state index contributed by atoms with van der Waals surface area (Å²) in [5.41, 5.74) is 0.823. The van der Waals surface area contributed by atoms with E-state index in [0.29, 0.717) is 17.0 Å². The number of pyridine rings is 1. The highest BCUT2D eigenvalue weighted by molar-refractivity contribution is 6.31. The van der Waals surface area contributed by atoms with E-state index in [1.54, 1.807) is 13.1 Å². The number of aryl methyl sites for hydroxylation is 1. The lowest BCUT2D eigenvalue weighted by molar-refractivity contribution is -0.118. The Hall–Kier alpha value is -2.86. The van der Waals surface area contributed by atoms with Crippen molar-refractivity contribution in [2.45, 2.75) is 0 Å². The van der Waals surface area contributed by atoms with Crippen LogP contribution in [0.2, 0.25) is 5.02 Å². The first-order chi connectivity index (χ1) is 12.0. The van der Waals surface area contributed by atoms with Crippen molar-refractivity contribution in [1.29, 1.82) is 0 Å². The van der Waals surface area contributed by atoms with Gasteiger partial charge < -0.3 is 14.6 Å². The van der Waals surface area contributed by atoms with Gasteiger partial charge in [-0.3, -0.25) is 9.59 Å². The number of anilines is 1. The zero-order valence-corrected chi connectivity index (χ0v) is 14.0. The van der Waals surface area contributed by atoms with Gasteiger partial charge in [0.15, 0.2) is 6.61 Å². The van der Waals surface area contributed by atoms with Crippen molar-refractivity contribution in [1.82, 2.24) is 4.57 Å². The van der Waals surface area contributed by atoms with E-state index in [9.17, 15) is 14.0 Å². The highest BCUT2D eigenvalue weighted by atomic mass is 35.5. The Morgan fingerprint density at radius 3 is 2.76 bits per heavy atom. The zero-order chi connectivity index (χ0) is 18.0. The highest BCUT2D eigenvalue weighted by Crippen LogP contribution is 2.23. The highest BCUT2D eigenvalue weighted by Gasteiger charge is 2.10.